The molecule has 1 aromatic rings. The predicted molar refractivity (Wildman–Crippen MR) is 54.0 cm³/mol. The molecule has 0 aliphatic rings. The zero-order valence-electron chi connectivity index (χ0n) is 7.31. The highest BCUT2D eigenvalue weighted by molar-refractivity contribution is 7.16. The summed E-state index contributed by atoms with van der Waals surface area (Å²) < 4.78 is 0. The van der Waals surface area contributed by atoms with Crippen LogP contribution in [0.15, 0.2) is 24.3 Å². The van der Waals surface area contributed by atoms with Crippen molar-refractivity contribution in [2.24, 2.45) is 0 Å². The normalized spacial score (nSPS) is 10.5. The summed E-state index contributed by atoms with van der Waals surface area (Å²) in [4.78, 5) is 0. The minimum Gasteiger partial charge on any atom is -0.0734 e. The third-order valence-electron chi connectivity index (χ3n) is 1.45. The largest absolute Gasteiger partial charge is 0.0734 e. The Morgan fingerprint density at radius 1 is 1.09 bits per heavy atom. The van der Waals surface area contributed by atoms with E-state index in [0.717, 1.165) is 9.04 Å². The van der Waals surface area contributed by atoms with Crippen LogP contribution in [-0.2, 0) is 0 Å². The van der Waals surface area contributed by atoms with Crippen LogP contribution in [0.1, 0.15) is 5.56 Å². The summed E-state index contributed by atoms with van der Waals surface area (Å²) in [5, 5.41) is 1.52. The van der Waals surface area contributed by atoms with E-state index in [0.29, 0.717) is 0 Å². The average Bonchev–Trinajstić information content (AvgIpc) is 1.93. The Bertz CT molecular complexity index is 214. The van der Waals surface area contributed by atoms with Crippen molar-refractivity contribution >= 4 is 22.5 Å². The van der Waals surface area contributed by atoms with Crippen molar-refractivity contribution in [3.05, 3.63) is 29.8 Å². The Balaban J connectivity index is 2.66. The van der Waals surface area contributed by atoms with Crippen molar-refractivity contribution in [2.75, 3.05) is 0 Å². The number of benzene rings is 1. The number of rotatable bonds is 2. The molecule has 0 atom stereocenters. The van der Waals surface area contributed by atoms with Gasteiger partial charge < -0.3 is 0 Å². The molecule has 2 heteroatoms. The molecule has 0 aromatic heterocycles. The van der Waals surface area contributed by atoms with Crippen molar-refractivity contribution in [1.82, 2.24) is 0 Å². The van der Waals surface area contributed by atoms with E-state index in [-0.39, 0.29) is 8.31 Å². The lowest BCUT2D eigenvalue weighted by Gasteiger charge is -2.01. The van der Waals surface area contributed by atoms with Crippen LogP contribution in [0.4, 0.5) is 0 Å². The molecule has 0 bridgehead atoms. The maximum atomic E-state index is 2.36. The molecule has 0 saturated heterocycles. The van der Waals surface area contributed by atoms with Gasteiger partial charge in [-0.05, 0) is 6.92 Å². The Morgan fingerprint density at radius 3 is 2.09 bits per heavy atom. The van der Waals surface area contributed by atoms with E-state index in [9.17, 15) is 0 Å². The molecule has 57 valence electrons. The van der Waals surface area contributed by atoms with Crippen LogP contribution in [0.25, 0.3) is 0 Å². The summed E-state index contributed by atoms with van der Waals surface area (Å²) in [7, 11) is 0.987. The van der Waals surface area contributed by atoms with Gasteiger partial charge in [-0.2, -0.15) is 0 Å². The van der Waals surface area contributed by atoms with E-state index < -0.39 is 0 Å². The van der Waals surface area contributed by atoms with Gasteiger partial charge in [0.15, 0.2) is 0 Å². The molecule has 0 aliphatic carbocycles. The summed E-state index contributed by atoms with van der Waals surface area (Å²) in [6.45, 7) is 6.86. The van der Waals surface area contributed by atoms with Crippen LogP contribution in [0.2, 0.25) is 13.1 Å². The second-order valence-electron chi connectivity index (χ2n) is 2.99. The monoisotopic (exact) mass is 177 g/mol. The van der Waals surface area contributed by atoms with Crippen LogP contribution in [-0.4, -0.2) is 17.4 Å². The van der Waals surface area contributed by atoms with E-state index in [4.69, 9.17) is 0 Å². The number of hydrogen-bond acceptors (Lipinski definition) is 0. The van der Waals surface area contributed by atoms with Crippen LogP contribution in [0, 0.1) is 6.92 Å². The van der Waals surface area contributed by atoms with Gasteiger partial charge >= 0.3 is 0 Å². The number of hydrogen-bond donors (Lipinski definition) is 0. The third-order valence-corrected chi connectivity index (χ3v) is 4.93. The summed E-state index contributed by atoms with van der Waals surface area (Å²) in [5.41, 5.74) is 1.36. The first kappa shape index (κ1) is 8.75. The molecule has 0 aliphatic heterocycles. The second kappa shape index (κ2) is 3.88. The second-order valence-corrected chi connectivity index (χ2v) is 9.57. The van der Waals surface area contributed by atoms with Gasteiger partial charge in [-0.15, -0.1) is 0 Å². The van der Waals surface area contributed by atoms with Gasteiger partial charge in [-0.1, -0.05) is 48.1 Å². The first-order chi connectivity index (χ1) is 5.18. The molecular weight excluding hydrogens is 164 g/mol. The minimum absolute atomic E-state index is 0.0718. The molecule has 1 aromatic carbocycles. The zero-order valence-corrected chi connectivity index (χ0v) is 9.31. The van der Waals surface area contributed by atoms with Gasteiger partial charge in [0.1, 0.15) is 0 Å². The summed E-state index contributed by atoms with van der Waals surface area (Å²) in [5.74, 6) is 0. The van der Waals surface area contributed by atoms with Gasteiger partial charge in [0.05, 0.1) is 9.04 Å². The van der Waals surface area contributed by atoms with Gasteiger partial charge in [-0.25, -0.2) is 0 Å². The van der Waals surface area contributed by atoms with Gasteiger partial charge in [0.2, 0.25) is 0 Å². The first-order valence-corrected chi connectivity index (χ1v) is 8.32. The van der Waals surface area contributed by atoms with Crippen LogP contribution >= 0.6 is 0 Å². The highest BCUT2D eigenvalue weighted by Gasteiger charge is 1.98. The molecule has 0 unspecified atom stereocenters. The lowest BCUT2D eigenvalue weighted by molar-refractivity contribution is 1.49. The SMILES string of the molecule is Cc1ccc([Si][Si](C)C)cc1. The molecule has 0 heterocycles. The fraction of sp³-hybridized carbons (Fsp3) is 0.333. The number of aryl methyl sites for hydroxylation is 1. The third kappa shape index (κ3) is 3.03. The molecule has 0 nitrogen and oxygen atoms in total. The lowest BCUT2D eigenvalue weighted by atomic mass is 10.2. The molecule has 0 spiro atoms. The smallest absolute Gasteiger partial charge is 0.0676 e. The van der Waals surface area contributed by atoms with Gasteiger partial charge in [0.25, 0.3) is 0 Å². The summed E-state index contributed by atoms with van der Waals surface area (Å²) in [6, 6.07) is 8.91. The molecule has 0 N–H and O–H groups in total. The average molecular weight is 177 g/mol. The minimum atomic E-state index is -0.0718. The molecule has 0 amide bonds. The van der Waals surface area contributed by atoms with Crippen molar-refractivity contribution in [3.8, 4) is 0 Å². The van der Waals surface area contributed by atoms with Gasteiger partial charge in [-0.3, -0.25) is 0 Å². The van der Waals surface area contributed by atoms with Gasteiger partial charge in [0, 0.05) is 8.31 Å². The Hall–Kier alpha value is -0.346. The first-order valence-electron chi connectivity index (χ1n) is 3.82. The summed E-state index contributed by atoms with van der Waals surface area (Å²) in [6.07, 6.45) is 0. The molecule has 3 radical (unpaired) electrons. The zero-order chi connectivity index (χ0) is 8.27. The van der Waals surface area contributed by atoms with Crippen molar-refractivity contribution in [3.63, 3.8) is 0 Å². The maximum absolute atomic E-state index is 2.36. The topological polar surface area (TPSA) is 0 Å². The lowest BCUT2D eigenvalue weighted by Crippen LogP contribution is -2.26. The Kier molecular flexibility index (Phi) is 3.08. The van der Waals surface area contributed by atoms with Crippen molar-refractivity contribution < 1.29 is 0 Å². The fourth-order valence-corrected chi connectivity index (χ4v) is 4.07. The maximum Gasteiger partial charge on any atom is 0.0676 e. The van der Waals surface area contributed by atoms with Crippen LogP contribution < -0.4 is 5.19 Å². The molecular formula is C9H13Si2. The van der Waals surface area contributed by atoms with Crippen LogP contribution in [0.3, 0.4) is 0 Å². The summed E-state index contributed by atoms with van der Waals surface area (Å²) >= 11 is 0. The van der Waals surface area contributed by atoms with E-state index in [1.54, 1.807) is 0 Å². The Labute approximate surface area is 72.9 Å². The van der Waals surface area contributed by atoms with E-state index in [1.807, 2.05) is 0 Å². The van der Waals surface area contributed by atoms with E-state index in [1.165, 1.54) is 10.8 Å². The highest BCUT2D eigenvalue weighted by atomic mass is 29.2. The molecule has 0 saturated carbocycles. The van der Waals surface area contributed by atoms with E-state index in [2.05, 4.69) is 44.3 Å². The standard InChI is InChI=1S/C9H13Si2/c1-8-4-6-9(7-5-8)10-11(2)3/h4-7H,1-3H3. The molecule has 1 rings (SSSR count). The predicted octanol–water partition coefficient (Wildman–Crippen LogP) is 1.58. The van der Waals surface area contributed by atoms with E-state index >= 15 is 0 Å². The van der Waals surface area contributed by atoms with Crippen molar-refractivity contribution in [2.45, 2.75) is 20.0 Å². The fourth-order valence-electron chi connectivity index (χ4n) is 0.926. The van der Waals surface area contributed by atoms with Crippen molar-refractivity contribution in [1.29, 1.82) is 0 Å². The molecule has 0 fully saturated rings. The molecule has 11 heavy (non-hydrogen) atoms. The quantitative estimate of drug-likeness (QED) is 0.602. The van der Waals surface area contributed by atoms with Crippen LogP contribution in [0.5, 0.6) is 0 Å². The highest BCUT2D eigenvalue weighted by Crippen LogP contribution is 1.92. The Morgan fingerprint density at radius 2 is 1.64 bits per heavy atom.